The first kappa shape index (κ1) is 16.4. The lowest BCUT2D eigenvalue weighted by atomic mass is 10.2. The van der Waals surface area contributed by atoms with Crippen molar-refractivity contribution in [3.63, 3.8) is 0 Å². The van der Waals surface area contributed by atoms with Gasteiger partial charge in [0.05, 0.1) is 24.2 Å². The second kappa shape index (κ2) is 6.42. The molecule has 0 spiro atoms. The smallest absolute Gasteiger partial charge is 0.243 e. The molecule has 0 bridgehead atoms. The molecule has 0 radical (unpaired) electrons. The number of nitrogens with one attached hydrogen (secondary N) is 2. The van der Waals surface area contributed by atoms with Crippen LogP contribution in [-0.2, 0) is 26.4 Å². The van der Waals surface area contributed by atoms with Crippen molar-refractivity contribution in [1.29, 1.82) is 0 Å². The van der Waals surface area contributed by atoms with Gasteiger partial charge in [0.1, 0.15) is 14.7 Å². The Balaban J connectivity index is 2.00. The Bertz CT molecular complexity index is 667. The monoisotopic (exact) mass is 336 g/mol. The van der Waals surface area contributed by atoms with Gasteiger partial charge in [-0.15, -0.1) is 0 Å². The molecule has 120 valence electrons. The van der Waals surface area contributed by atoms with E-state index in [1.54, 1.807) is 11.7 Å². The number of rotatable bonds is 6. The molecule has 0 saturated carbocycles. The Kier molecular flexibility index (Phi) is 5.02. The molecule has 1 aliphatic heterocycles. The van der Waals surface area contributed by atoms with Crippen LogP contribution in [0.5, 0.6) is 0 Å². The lowest BCUT2D eigenvalue weighted by Gasteiger charge is -2.22. The summed E-state index contributed by atoms with van der Waals surface area (Å²) in [4.78, 5) is 0.104. The molecule has 8 nitrogen and oxygen atoms in total. The highest BCUT2D eigenvalue weighted by atomic mass is 32.2. The van der Waals surface area contributed by atoms with Crippen LogP contribution >= 0.6 is 0 Å². The summed E-state index contributed by atoms with van der Waals surface area (Å²) in [5, 5.41) is 6.95. The van der Waals surface area contributed by atoms with Crippen LogP contribution in [0.1, 0.15) is 12.8 Å². The zero-order valence-corrected chi connectivity index (χ0v) is 13.5. The molecule has 2 N–H and O–H groups in total. The molecular weight excluding hydrogens is 316 g/mol. The van der Waals surface area contributed by atoms with Crippen LogP contribution in [0, 0.1) is 0 Å². The second-order valence-corrected chi connectivity index (χ2v) is 9.11. The van der Waals surface area contributed by atoms with E-state index in [2.05, 4.69) is 15.1 Å². The molecule has 0 amide bonds. The van der Waals surface area contributed by atoms with E-state index in [-0.39, 0.29) is 22.4 Å². The van der Waals surface area contributed by atoms with Crippen molar-refractivity contribution in [2.24, 2.45) is 0 Å². The molecule has 1 saturated heterocycles. The number of likely N-dealkylation sites (N-methyl/N-ethyl adjacent to an activating group) is 1. The largest absolute Gasteiger partial charge is 0.318 e. The molecule has 1 aliphatic rings. The first-order valence-electron chi connectivity index (χ1n) is 6.72. The summed E-state index contributed by atoms with van der Waals surface area (Å²) < 4.78 is 51.2. The maximum atomic E-state index is 12.2. The SMILES string of the molecule is CNCCn1cc(S(=O)(=O)NC2CCS(=O)(=O)CC2)cn1. The molecule has 1 fully saturated rings. The minimum atomic E-state index is -3.65. The van der Waals surface area contributed by atoms with Gasteiger partial charge in [0, 0.05) is 18.8 Å². The third-order valence-electron chi connectivity index (χ3n) is 3.39. The van der Waals surface area contributed by atoms with Gasteiger partial charge in [-0.05, 0) is 19.9 Å². The van der Waals surface area contributed by atoms with E-state index in [9.17, 15) is 16.8 Å². The van der Waals surface area contributed by atoms with Gasteiger partial charge in [-0.3, -0.25) is 4.68 Å². The summed E-state index contributed by atoms with van der Waals surface area (Å²) in [6.45, 7) is 1.27. The fourth-order valence-corrected chi connectivity index (χ4v) is 4.88. The standard InChI is InChI=1S/C11H20N4O4S2/c1-12-4-5-15-9-11(8-13-15)21(18,19)14-10-2-6-20(16,17)7-3-10/h8-10,12,14H,2-7H2,1H3. The fraction of sp³-hybridized carbons (Fsp3) is 0.727. The predicted molar refractivity (Wildman–Crippen MR) is 78.2 cm³/mol. The topological polar surface area (TPSA) is 110 Å². The highest BCUT2D eigenvalue weighted by Gasteiger charge is 2.28. The first-order chi connectivity index (χ1) is 9.82. The highest BCUT2D eigenvalue weighted by molar-refractivity contribution is 7.91. The van der Waals surface area contributed by atoms with E-state index in [4.69, 9.17) is 0 Å². The van der Waals surface area contributed by atoms with Gasteiger partial charge in [-0.25, -0.2) is 21.6 Å². The average molecular weight is 336 g/mol. The zero-order chi connectivity index (χ0) is 15.5. The van der Waals surface area contributed by atoms with E-state index in [1.807, 2.05) is 0 Å². The first-order valence-corrected chi connectivity index (χ1v) is 10.0. The average Bonchev–Trinajstić information content (AvgIpc) is 2.88. The van der Waals surface area contributed by atoms with Crippen LogP contribution in [0.2, 0.25) is 0 Å². The van der Waals surface area contributed by atoms with E-state index < -0.39 is 19.9 Å². The third kappa shape index (κ3) is 4.50. The van der Waals surface area contributed by atoms with Gasteiger partial charge >= 0.3 is 0 Å². The van der Waals surface area contributed by atoms with Gasteiger partial charge in [-0.2, -0.15) is 5.10 Å². The molecular formula is C11H20N4O4S2. The third-order valence-corrected chi connectivity index (χ3v) is 6.58. The quantitative estimate of drug-likeness (QED) is 0.686. The van der Waals surface area contributed by atoms with E-state index in [0.717, 1.165) is 0 Å². The minimum Gasteiger partial charge on any atom is -0.318 e. The second-order valence-electron chi connectivity index (χ2n) is 5.09. The van der Waals surface area contributed by atoms with Crippen molar-refractivity contribution in [2.75, 3.05) is 25.1 Å². The molecule has 0 aliphatic carbocycles. The Labute approximate surface area is 124 Å². The molecule has 0 atom stereocenters. The number of sulfonamides is 1. The highest BCUT2D eigenvalue weighted by Crippen LogP contribution is 2.15. The van der Waals surface area contributed by atoms with Crippen molar-refractivity contribution >= 4 is 19.9 Å². The van der Waals surface area contributed by atoms with Gasteiger partial charge in [-0.1, -0.05) is 0 Å². The van der Waals surface area contributed by atoms with Gasteiger partial charge < -0.3 is 5.32 Å². The van der Waals surface area contributed by atoms with Crippen LogP contribution < -0.4 is 10.0 Å². The maximum Gasteiger partial charge on any atom is 0.243 e. The zero-order valence-electron chi connectivity index (χ0n) is 11.8. The van der Waals surface area contributed by atoms with Crippen molar-refractivity contribution < 1.29 is 16.8 Å². The summed E-state index contributed by atoms with van der Waals surface area (Å²) in [5.41, 5.74) is 0. The van der Waals surface area contributed by atoms with Crippen LogP contribution in [-0.4, -0.2) is 57.8 Å². The van der Waals surface area contributed by atoms with E-state index in [0.29, 0.717) is 25.9 Å². The number of hydrogen-bond donors (Lipinski definition) is 2. The summed E-state index contributed by atoms with van der Waals surface area (Å²) in [6.07, 6.45) is 3.40. The molecule has 0 unspecified atom stereocenters. The van der Waals surface area contributed by atoms with E-state index in [1.165, 1.54) is 12.4 Å². The number of aromatic nitrogens is 2. The van der Waals surface area contributed by atoms with Crippen LogP contribution in [0.4, 0.5) is 0 Å². The van der Waals surface area contributed by atoms with Crippen molar-refractivity contribution in [1.82, 2.24) is 19.8 Å². The van der Waals surface area contributed by atoms with Crippen LogP contribution in [0.25, 0.3) is 0 Å². The van der Waals surface area contributed by atoms with Crippen molar-refractivity contribution in [2.45, 2.75) is 30.3 Å². The lowest BCUT2D eigenvalue weighted by Crippen LogP contribution is -2.40. The normalized spacial score (nSPS) is 19.7. The molecule has 1 aromatic heterocycles. The van der Waals surface area contributed by atoms with Crippen molar-refractivity contribution in [3.8, 4) is 0 Å². The minimum absolute atomic E-state index is 0.0294. The Morgan fingerprint density at radius 2 is 2.05 bits per heavy atom. The number of nitrogens with zero attached hydrogens (tertiary/aromatic N) is 2. The number of sulfone groups is 1. The summed E-state index contributed by atoms with van der Waals surface area (Å²) in [6, 6.07) is -0.334. The summed E-state index contributed by atoms with van der Waals surface area (Å²) in [5.74, 6) is 0.0588. The summed E-state index contributed by atoms with van der Waals surface area (Å²) >= 11 is 0. The van der Waals surface area contributed by atoms with Crippen LogP contribution in [0.3, 0.4) is 0 Å². The molecule has 2 heterocycles. The lowest BCUT2D eigenvalue weighted by molar-refractivity contribution is 0.505. The van der Waals surface area contributed by atoms with Gasteiger partial charge in [0.25, 0.3) is 0 Å². The van der Waals surface area contributed by atoms with Crippen LogP contribution in [0.15, 0.2) is 17.3 Å². The molecule has 2 rings (SSSR count). The van der Waals surface area contributed by atoms with Gasteiger partial charge in [0.15, 0.2) is 0 Å². The fourth-order valence-electron chi connectivity index (χ4n) is 2.13. The molecule has 0 aromatic carbocycles. The number of hydrogen-bond acceptors (Lipinski definition) is 6. The Hall–Kier alpha value is -0.970. The predicted octanol–water partition coefficient (Wildman–Crippen LogP) is -1.04. The maximum absolute atomic E-state index is 12.2. The van der Waals surface area contributed by atoms with E-state index >= 15 is 0 Å². The Morgan fingerprint density at radius 3 is 2.67 bits per heavy atom. The molecule has 1 aromatic rings. The molecule has 10 heteroatoms. The van der Waals surface area contributed by atoms with Crippen molar-refractivity contribution in [3.05, 3.63) is 12.4 Å². The summed E-state index contributed by atoms with van der Waals surface area (Å²) in [7, 11) is -4.84. The van der Waals surface area contributed by atoms with Gasteiger partial charge in [0.2, 0.25) is 10.0 Å². The molecule has 21 heavy (non-hydrogen) atoms. The Morgan fingerprint density at radius 1 is 1.38 bits per heavy atom.